The zero-order chi connectivity index (χ0) is 27.2. The van der Waals surface area contributed by atoms with Gasteiger partial charge in [0.1, 0.15) is 5.82 Å². The number of hydrogen-bond donors (Lipinski definition) is 3. The monoisotopic (exact) mass is 529 g/mol. The molecule has 3 aromatic heterocycles. The van der Waals surface area contributed by atoms with Crippen LogP contribution in [0.3, 0.4) is 0 Å². The van der Waals surface area contributed by atoms with Gasteiger partial charge in [-0.2, -0.15) is 0 Å². The number of anilines is 3. The molecule has 194 valence electrons. The van der Waals surface area contributed by atoms with E-state index in [2.05, 4.69) is 82.5 Å². The van der Waals surface area contributed by atoms with Gasteiger partial charge in [0.15, 0.2) is 0 Å². The molecule has 0 saturated heterocycles. The van der Waals surface area contributed by atoms with Crippen LogP contribution in [0, 0.1) is 6.92 Å². The molecule has 2 aromatic carbocycles. The number of thiophene rings is 1. The van der Waals surface area contributed by atoms with Crippen LogP contribution in [-0.2, 0) is 12.8 Å². The molecule has 0 radical (unpaired) electrons. The van der Waals surface area contributed by atoms with Crippen LogP contribution in [0.15, 0.2) is 121 Å². The second kappa shape index (κ2) is 11.8. The zero-order valence-corrected chi connectivity index (χ0v) is 22.8. The van der Waals surface area contributed by atoms with Gasteiger partial charge < -0.3 is 16.4 Å². The second-order valence-corrected chi connectivity index (χ2v) is 10.4. The van der Waals surface area contributed by atoms with Gasteiger partial charge in [0.2, 0.25) is 0 Å². The smallest absolute Gasteiger partial charge is 0.133 e. The van der Waals surface area contributed by atoms with Gasteiger partial charge >= 0.3 is 0 Å². The van der Waals surface area contributed by atoms with Gasteiger partial charge in [-0.3, -0.25) is 4.98 Å². The van der Waals surface area contributed by atoms with Crippen molar-refractivity contribution in [2.24, 2.45) is 0 Å². The number of allylic oxidation sites excluding steroid dienone is 2. The first-order valence-corrected chi connectivity index (χ1v) is 13.6. The third-order valence-electron chi connectivity index (χ3n) is 6.49. The second-order valence-electron chi connectivity index (χ2n) is 9.48. The summed E-state index contributed by atoms with van der Waals surface area (Å²) in [5.41, 5.74) is 16.2. The van der Waals surface area contributed by atoms with Gasteiger partial charge in [-0.05, 0) is 64.9 Å². The molecule has 0 bridgehead atoms. The number of nitrogens with zero attached hydrogens (tertiary/aromatic N) is 2. The van der Waals surface area contributed by atoms with Crippen molar-refractivity contribution >= 4 is 28.5 Å². The third kappa shape index (κ3) is 6.43. The number of hydrogen-bond acceptors (Lipinski definition) is 6. The largest absolute Gasteiger partial charge is 0.398 e. The summed E-state index contributed by atoms with van der Waals surface area (Å²) in [6.07, 6.45) is 6.81. The van der Waals surface area contributed by atoms with Crippen LogP contribution in [-0.4, -0.2) is 9.97 Å². The molecule has 0 amide bonds. The predicted molar refractivity (Wildman–Crippen MR) is 166 cm³/mol. The molecule has 5 aromatic rings. The fourth-order valence-electron chi connectivity index (χ4n) is 4.50. The van der Waals surface area contributed by atoms with Gasteiger partial charge in [0.25, 0.3) is 0 Å². The maximum Gasteiger partial charge on any atom is 0.133 e. The fraction of sp³-hybridized carbons (Fsp3) is 0.0909. The van der Waals surface area contributed by atoms with Gasteiger partial charge in [0.05, 0.1) is 11.9 Å². The summed E-state index contributed by atoms with van der Waals surface area (Å²) in [6, 6.07) is 24.6. The Balaban J connectivity index is 1.29. The molecule has 5 nitrogen and oxygen atoms in total. The highest BCUT2D eigenvalue weighted by molar-refractivity contribution is 7.13. The van der Waals surface area contributed by atoms with Crippen LogP contribution in [0.4, 0.5) is 17.2 Å². The maximum absolute atomic E-state index is 6.37. The number of nitrogens with two attached hydrogens (primary N) is 1. The molecule has 4 N–H and O–H groups in total. The van der Waals surface area contributed by atoms with E-state index < -0.39 is 0 Å². The summed E-state index contributed by atoms with van der Waals surface area (Å²) in [7, 11) is 0. The summed E-state index contributed by atoms with van der Waals surface area (Å²) in [6.45, 7) is 10.5. The van der Waals surface area contributed by atoms with Crippen molar-refractivity contribution in [3.8, 4) is 21.6 Å². The highest BCUT2D eigenvalue weighted by atomic mass is 32.1. The van der Waals surface area contributed by atoms with Crippen molar-refractivity contribution in [3.63, 3.8) is 0 Å². The van der Waals surface area contributed by atoms with Crippen LogP contribution in [0.5, 0.6) is 0 Å². The Morgan fingerprint density at radius 2 is 1.69 bits per heavy atom. The van der Waals surface area contributed by atoms with E-state index in [4.69, 9.17) is 5.73 Å². The Bertz CT molecular complexity index is 1610. The number of nitrogens with one attached hydrogen (secondary N) is 2. The number of benzene rings is 2. The lowest BCUT2D eigenvalue weighted by Gasteiger charge is -2.15. The zero-order valence-electron chi connectivity index (χ0n) is 21.9. The minimum absolute atomic E-state index is 0.573. The van der Waals surface area contributed by atoms with Crippen LogP contribution < -0.4 is 16.4 Å². The van der Waals surface area contributed by atoms with E-state index in [1.54, 1.807) is 11.3 Å². The van der Waals surface area contributed by atoms with E-state index in [1.807, 2.05) is 55.0 Å². The number of rotatable bonds is 10. The first-order valence-electron chi connectivity index (χ1n) is 12.7. The number of pyridine rings is 2. The van der Waals surface area contributed by atoms with E-state index >= 15 is 0 Å². The standard InChI is InChI=1S/C33H31N5S/c1-22(16-25-8-5-4-6-9-25)37-29-19-28(20-35-21-29)26-11-12-31(34)27(18-26)17-23(2)38-33-24(3)30(13-14-36-33)32-10-7-15-39-32/h4-15,18-21,37H,1-2,16-17,34H2,3H3,(H,36,38). The Hall–Kier alpha value is -4.68. The molecular formula is C33H31N5S. The van der Waals surface area contributed by atoms with E-state index in [9.17, 15) is 0 Å². The summed E-state index contributed by atoms with van der Waals surface area (Å²) >= 11 is 1.72. The van der Waals surface area contributed by atoms with Crippen molar-refractivity contribution in [3.05, 3.63) is 138 Å². The third-order valence-corrected chi connectivity index (χ3v) is 7.39. The molecule has 0 spiro atoms. The summed E-state index contributed by atoms with van der Waals surface area (Å²) < 4.78 is 0. The Morgan fingerprint density at radius 3 is 2.49 bits per heavy atom. The van der Waals surface area contributed by atoms with Gasteiger partial charge in [-0.25, -0.2) is 4.98 Å². The Labute approximate surface area is 233 Å². The molecule has 3 heterocycles. The predicted octanol–water partition coefficient (Wildman–Crippen LogP) is 8.10. The van der Waals surface area contributed by atoms with Crippen molar-refractivity contribution < 1.29 is 0 Å². The van der Waals surface area contributed by atoms with E-state index in [1.165, 1.54) is 16.0 Å². The first-order chi connectivity index (χ1) is 19.0. The van der Waals surface area contributed by atoms with Crippen molar-refractivity contribution in [1.82, 2.24) is 9.97 Å². The molecule has 0 saturated carbocycles. The minimum atomic E-state index is 0.573. The van der Waals surface area contributed by atoms with Crippen LogP contribution >= 0.6 is 11.3 Å². The first kappa shape index (κ1) is 25.9. The summed E-state index contributed by atoms with van der Waals surface area (Å²) in [4.78, 5) is 10.2. The normalized spacial score (nSPS) is 10.7. The maximum atomic E-state index is 6.37. The van der Waals surface area contributed by atoms with E-state index in [-0.39, 0.29) is 0 Å². The molecule has 39 heavy (non-hydrogen) atoms. The average molecular weight is 530 g/mol. The number of nitrogen functional groups attached to an aromatic ring is 1. The van der Waals surface area contributed by atoms with E-state index in [0.29, 0.717) is 6.42 Å². The molecule has 0 unspecified atom stereocenters. The minimum Gasteiger partial charge on any atom is -0.398 e. The highest BCUT2D eigenvalue weighted by Gasteiger charge is 2.11. The summed E-state index contributed by atoms with van der Waals surface area (Å²) in [5, 5.41) is 8.89. The average Bonchev–Trinajstić information content (AvgIpc) is 3.47. The highest BCUT2D eigenvalue weighted by Crippen LogP contribution is 2.32. The van der Waals surface area contributed by atoms with Gasteiger partial charge in [0, 0.05) is 58.3 Å². The van der Waals surface area contributed by atoms with Gasteiger partial charge in [-0.1, -0.05) is 55.6 Å². The number of aromatic nitrogens is 2. The Morgan fingerprint density at radius 1 is 0.872 bits per heavy atom. The molecular weight excluding hydrogens is 498 g/mol. The fourth-order valence-corrected chi connectivity index (χ4v) is 5.31. The van der Waals surface area contributed by atoms with Crippen molar-refractivity contribution in [1.29, 1.82) is 0 Å². The van der Waals surface area contributed by atoms with Crippen LogP contribution in [0.25, 0.3) is 21.6 Å². The van der Waals surface area contributed by atoms with Crippen LogP contribution in [0.2, 0.25) is 0 Å². The van der Waals surface area contributed by atoms with Crippen molar-refractivity contribution in [2.45, 2.75) is 19.8 Å². The molecule has 0 aliphatic heterocycles. The topological polar surface area (TPSA) is 75.9 Å². The van der Waals surface area contributed by atoms with Gasteiger partial charge in [-0.15, -0.1) is 11.3 Å². The molecule has 0 aliphatic carbocycles. The SMILES string of the molecule is C=C(Cc1ccccc1)Nc1cncc(-c2ccc(N)c(CC(=C)Nc3nccc(-c4cccs4)c3C)c2)c1. The van der Waals surface area contributed by atoms with E-state index in [0.717, 1.165) is 57.3 Å². The molecule has 0 fully saturated rings. The molecule has 6 heteroatoms. The molecule has 5 rings (SSSR count). The molecule has 0 aliphatic rings. The quantitative estimate of drug-likeness (QED) is 0.159. The lowest BCUT2D eigenvalue weighted by atomic mass is 10.00. The summed E-state index contributed by atoms with van der Waals surface area (Å²) in [5.74, 6) is 0.805. The van der Waals surface area contributed by atoms with Crippen LogP contribution in [0.1, 0.15) is 16.7 Å². The lowest BCUT2D eigenvalue weighted by molar-refractivity contribution is 1.13. The lowest BCUT2D eigenvalue weighted by Crippen LogP contribution is -2.07. The molecule has 0 atom stereocenters. The van der Waals surface area contributed by atoms with Crippen molar-refractivity contribution in [2.75, 3.05) is 16.4 Å². The Kier molecular flexibility index (Phi) is 7.85.